The molecule has 5 unspecified atom stereocenters. The van der Waals surface area contributed by atoms with Gasteiger partial charge in [-0.3, -0.25) is 4.79 Å². The van der Waals surface area contributed by atoms with Crippen LogP contribution in [0.1, 0.15) is 38.5 Å². The largest absolute Gasteiger partial charge is 0.328 e. The van der Waals surface area contributed by atoms with Gasteiger partial charge < -0.3 is 11.1 Å². The van der Waals surface area contributed by atoms with Gasteiger partial charge in [0, 0.05) is 16.8 Å². The molecule has 3 nitrogen and oxygen atoms in total. The Kier molecular flexibility index (Phi) is 3.46. The minimum atomic E-state index is -0.166. The quantitative estimate of drug-likeness (QED) is 0.871. The molecule has 5 atom stereocenters. The first-order chi connectivity index (χ1) is 10.5. The van der Waals surface area contributed by atoms with E-state index < -0.39 is 0 Å². The summed E-state index contributed by atoms with van der Waals surface area (Å²) in [7, 11) is 0. The van der Waals surface area contributed by atoms with Gasteiger partial charge in [0.2, 0.25) is 5.91 Å². The minimum Gasteiger partial charge on any atom is -0.328 e. The van der Waals surface area contributed by atoms with E-state index in [1.165, 1.54) is 6.42 Å². The molecule has 22 heavy (non-hydrogen) atoms. The van der Waals surface area contributed by atoms with E-state index in [0.717, 1.165) is 37.8 Å². The maximum atomic E-state index is 13.0. The Labute approximate surface area is 136 Å². The van der Waals surface area contributed by atoms with Gasteiger partial charge in [-0.1, -0.05) is 17.7 Å². The number of amides is 1. The summed E-state index contributed by atoms with van der Waals surface area (Å²) in [5, 5.41) is 3.78. The van der Waals surface area contributed by atoms with Crippen LogP contribution in [-0.4, -0.2) is 11.9 Å². The lowest BCUT2D eigenvalue weighted by Crippen LogP contribution is -2.40. The second-order valence-corrected chi connectivity index (χ2v) is 8.15. The number of nitrogens with two attached hydrogens (primary N) is 1. The van der Waals surface area contributed by atoms with Crippen molar-refractivity contribution in [3.63, 3.8) is 0 Å². The van der Waals surface area contributed by atoms with Crippen molar-refractivity contribution in [2.75, 3.05) is 5.32 Å². The van der Waals surface area contributed by atoms with Crippen LogP contribution >= 0.6 is 11.6 Å². The molecule has 0 radical (unpaired) electrons. The van der Waals surface area contributed by atoms with Crippen LogP contribution in [0, 0.1) is 23.2 Å². The lowest BCUT2D eigenvalue weighted by atomic mass is 9.69. The Bertz CT molecular complexity index is 601. The topological polar surface area (TPSA) is 55.1 Å². The van der Waals surface area contributed by atoms with E-state index in [1.807, 2.05) is 24.3 Å². The molecule has 3 fully saturated rings. The van der Waals surface area contributed by atoms with Crippen LogP contribution < -0.4 is 11.1 Å². The number of hydrogen-bond donors (Lipinski definition) is 2. The van der Waals surface area contributed by atoms with Gasteiger partial charge in [0.25, 0.3) is 0 Å². The van der Waals surface area contributed by atoms with Gasteiger partial charge >= 0.3 is 0 Å². The fourth-order valence-electron chi connectivity index (χ4n) is 5.40. The molecular formula is C18H23ClN2O. The van der Waals surface area contributed by atoms with Crippen LogP contribution in [0.4, 0.5) is 5.69 Å². The summed E-state index contributed by atoms with van der Waals surface area (Å²) < 4.78 is 0. The number of hydrogen-bond acceptors (Lipinski definition) is 2. The average Bonchev–Trinajstić information content (AvgIpc) is 2.64. The van der Waals surface area contributed by atoms with Crippen LogP contribution in [0.2, 0.25) is 5.02 Å². The minimum absolute atomic E-state index is 0.166. The number of anilines is 1. The zero-order chi connectivity index (χ0) is 15.3. The molecule has 0 aliphatic heterocycles. The average molecular weight is 319 g/mol. The Hall–Kier alpha value is -1.06. The van der Waals surface area contributed by atoms with Gasteiger partial charge in [0.05, 0.1) is 5.41 Å². The molecule has 0 aromatic heterocycles. The van der Waals surface area contributed by atoms with Crippen LogP contribution in [0.5, 0.6) is 0 Å². The van der Waals surface area contributed by atoms with Crippen molar-refractivity contribution in [3.05, 3.63) is 29.3 Å². The molecule has 0 heterocycles. The number of carbonyl (C=O) groups excluding carboxylic acids is 1. The van der Waals surface area contributed by atoms with Crippen molar-refractivity contribution >= 4 is 23.2 Å². The van der Waals surface area contributed by atoms with E-state index in [4.69, 9.17) is 17.3 Å². The zero-order valence-corrected chi connectivity index (χ0v) is 13.5. The lowest BCUT2D eigenvalue weighted by molar-refractivity contribution is -0.127. The van der Waals surface area contributed by atoms with E-state index in [1.54, 1.807) is 0 Å². The third kappa shape index (κ3) is 2.44. The molecule has 4 rings (SSSR count). The van der Waals surface area contributed by atoms with Crippen molar-refractivity contribution in [1.29, 1.82) is 0 Å². The molecular weight excluding hydrogens is 296 g/mol. The second kappa shape index (κ2) is 5.24. The summed E-state index contributed by atoms with van der Waals surface area (Å²) in [5.41, 5.74) is 6.89. The molecule has 1 amide bonds. The van der Waals surface area contributed by atoms with E-state index in [9.17, 15) is 4.79 Å². The predicted molar refractivity (Wildman–Crippen MR) is 88.7 cm³/mol. The summed E-state index contributed by atoms with van der Waals surface area (Å²) >= 11 is 6.02. The smallest absolute Gasteiger partial charge is 0.230 e. The van der Waals surface area contributed by atoms with Crippen LogP contribution in [0.3, 0.4) is 0 Å². The molecule has 0 spiro atoms. The van der Waals surface area contributed by atoms with Crippen molar-refractivity contribution in [2.45, 2.75) is 44.6 Å². The maximum absolute atomic E-state index is 13.0. The maximum Gasteiger partial charge on any atom is 0.230 e. The molecule has 1 aromatic rings. The van der Waals surface area contributed by atoms with Gasteiger partial charge in [0.15, 0.2) is 0 Å². The summed E-state index contributed by atoms with van der Waals surface area (Å²) in [5.74, 6) is 2.18. The molecule has 3 saturated carbocycles. The normalized spacial score (nSPS) is 39.5. The molecule has 3 aliphatic rings. The third-order valence-corrected chi connectivity index (χ3v) is 6.33. The van der Waals surface area contributed by atoms with Crippen LogP contribution in [0.15, 0.2) is 24.3 Å². The molecule has 0 saturated heterocycles. The van der Waals surface area contributed by atoms with E-state index in [2.05, 4.69) is 5.32 Å². The summed E-state index contributed by atoms with van der Waals surface area (Å²) in [6, 6.07) is 7.77. The molecule has 3 N–H and O–H groups in total. The zero-order valence-electron chi connectivity index (χ0n) is 12.7. The van der Waals surface area contributed by atoms with Crippen molar-refractivity contribution in [2.24, 2.45) is 28.9 Å². The van der Waals surface area contributed by atoms with E-state index in [-0.39, 0.29) is 11.3 Å². The first kappa shape index (κ1) is 14.5. The lowest BCUT2D eigenvalue weighted by Gasteiger charge is -2.37. The first-order valence-electron chi connectivity index (χ1n) is 8.37. The number of carbonyl (C=O) groups is 1. The SMILES string of the molecule is NC1CC2CC3CC(C(=O)Nc4cccc(Cl)c4)(C2)CC3C1. The van der Waals surface area contributed by atoms with E-state index >= 15 is 0 Å². The van der Waals surface area contributed by atoms with E-state index in [0.29, 0.717) is 28.8 Å². The number of nitrogens with one attached hydrogen (secondary N) is 1. The predicted octanol–water partition coefficient (Wildman–Crippen LogP) is 3.82. The van der Waals surface area contributed by atoms with Crippen LogP contribution in [-0.2, 0) is 4.79 Å². The van der Waals surface area contributed by atoms with Gasteiger partial charge in [0.1, 0.15) is 0 Å². The fraction of sp³-hybridized carbons (Fsp3) is 0.611. The molecule has 4 heteroatoms. The highest BCUT2D eigenvalue weighted by Gasteiger charge is 2.56. The standard InChI is InChI=1S/C18H23ClN2O/c19-14-2-1-3-16(7-14)21-17(22)18-8-11-4-12(9-18)13(10-18)6-15(20)5-11/h1-3,7,11-13,15H,4-6,8-10,20H2,(H,21,22). The molecule has 3 aliphatic carbocycles. The van der Waals surface area contributed by atoms with Gasteiger partial charge in [-0.15, -0.1) is 0 Å². The van der Waals surface area contributed by atoms with Gasteiger partial charge in [-0.25, -0.2) is 0 Å². The Morgan fingerprint density at radius 2 is 1.95 bits per heavy atom. The van der Waals surface area contributed by atoms with Gasteiger partial charge in [-0.2, -0.15) is 0 Å². The number of benzene rings is 1. The van der Waals surface area contributed by atoms with Crippen LogP contribution in [0.25, 0.3) is 0 Å². The number of fused-ring (bicyclic) bond motifs is 2. The number of rotatable bonds is 2. The Balaban J connectivity index is 1.56. The third-order valence-electron chi connectivity index (χ3n) is 6.09. The Morgan fingerprint density at radius 1 is 1.18 bits per heavy atom. The summed E-state index contributed by atoms with van der Waals surface area (Å²) in [6.07, 6.45) is 6.57. The summed E-state index contributed by atoms with van der Waals surface area (Å²) in [4.78, 5) is 13.0. The molecule has 118 valence electrons. The fourth-order valence-corrected chi connectivity index (χ4v) is 5.59. The first-order valence-corrected chi connectivity index (χ1v) is 8.74. The van der Waals surface area contributed by atoms with Crippen molar-refractivity contribution in [1.82, 2.24) is 0 Å². The second-order valence-electron chi connectivity index (χ2n) is 7.71. The monoisotopic (exact) mass is 318 g/mol. The Morgan fingerprint density at radius 3 is 2.73 bits per heavy atom. The molecule has 3 bridgehead atoms. The highest BCUT2D eigenvalue weighted by atomic mass is 35.5. The number of halogens is 1. The summed E-state index contributed by atoms with van der Waals surface area (Å²) in [6.45, 7) is 0. The van der Waals surface area contributed by atoms with Crippen molar-refractivity contribution < 1.29 is 4.79 Å². The highest BCUT2D eigenvalue weighted by molar-refractivity contribution is 6.30. The van der Waals surface area contributed by atoms with Gasteiger partial charge in [-0.05, 0) is 74.5 Å². The highest BCUT2D eigenvalue weighted by Crippen LogP contribution is 2.60. The molecule has 1 aromatic carbocycles. The van der Waals surface area contributed by atoms with Crippen molar-refractivity contribution in [3.8, 4) is 0 Å².